The molecule has 0 radical (unpaired) electrons. The molecule has 1 saturated heterocycles. The number of fused-ring (bicyclic) bond motifs is 2. The summed E-state index contributed by atoms with van der Waals surface area (Å²) in [4.78, 5) is 23.0. The fourth-order valence-electron chi connectivity index (χ4n) is 5.57. The number of hydrogen-bond acceptors (Lipinski definition) is 7. The predicted molar refractivity (Wildman–Crippen MR) is 169 cm³/mol. The molecule has 0 atom stereocenters. The summed E-state index contributed by atoms with van der Waals surface area (Å²) in [5.41, 5.74) is 3.83. The van der Waals surface area contributed by atoms with Gasteiger partial charge in [0, 0.05) is 43.3 Å². The Hall–Kier alpha value is -3.02. The number of amides is 1. The number of aryl methyl sites for hydroxylation is 2. The molecule has 6 rings (SSSR count). The first-order chi connectivity index (χ1) is 20.3. The SMILES string of the molecule is Cc1c(Cl)ccc2sc(N(CCCN3CCOCC3)C(=O)c3ccc(S(=O)(=O)N4CCCc5ccccc54)cc3)nc12. The minimum atomic E-state index is -3.77. The highest BCUT2D eigenvalue weighted by Crippen LogP contribution is 2.35. The number of benzene rings is 3. The zero-order valence-corrected chi connectivity index (χ0v) is 25.8. The van der Waals surface area contributed by atoms with E-state index in [9.17, 15) is 13.2 Å². The second-order valence-electron chi connectivity index (χ2n) is 10.6. The van der Waals surface area contributed by atoms with Gasteiger partial charge in [-0.25, -0.2) is 13.4 Å². The number of rotatable bonds is 8. The van der Waals surface area contributed by atoms with Crippen LogP contribution in [0.2, 0.25) is 5.02 Å². The molecule has 0 spiro atoms. The van der Waals surface area contributed by atoms with Crippen molar-refractivity contribution in [3.8, 4) is 0 Å². The van der Waals surface area contributed by atoms with E-state index in [0.717, 1.165) is 79.1 Å². The summed E-state index contributed by atoms with van der Waals surface area (Å²) in [6.07, 6.45) is 2.38. The zero-order valence-electron chi connectivity index (χ0n) is 23.5. The Morgan fingerprint density at radius 1 is 1.05 bits per heavy atom. The van der Waals surface area contributed by atoms with Crippen LogP contribution in [0.25, 0.3) is 10.2 Å². The van der Waals surface area contributed by atoms with Crippen LogP contribution in [-0.2, 0) is 21.2 Å². The maximum absolute atomic E-state index is 14.0. The van der Waals surface area contributed by atoms with E-state index in [1.807, 2.05) is 43.3 Å². The highest BCUT2D eigenvalue weighted by Gasteiger charge is 2.30. The van der Waals surface area contributed by atoms with Crippen LogP contribution >= 0.6 is 22.9 Å². The number of halogens is 1. The normalized spacial score (nSPS) is 16.0. The van der Waals surface area contributed by atoms with Gasteiger partial charge in [-0.3, -0.25) is 18.9 Å². The molecular weight excluding hydrogens is 592 g/mol. The van der Waals surface area contributed by atoms with Gasteiger partial charge in [-0.2, -0.15) is 0 Å². The van der Waals surface area contributed by atoms with Crippen LogP contribution in [0.5, 0.6) is 0 Å². The number of carbonyl (C=O) groups excluding carboxylic acids is 1. The maximum Gasteiger partial charge on any atom is 0.264 e. The molecule has 0 N–H and O–H groups in total. The van der Waals surface area contributed by atoms with Gasteiger partial charge < -0.3 is 4.74 Å². The van der Waals surface area contributed by atoms with Crippen LogP contribution in [0.15, 0.2) is 65.6 Å². The summed E-state index contributed by atoms with van der Waals surface area (Å²) >= 11 is 7.81. The summed E-state index contributed by atoms with van der Waals surface area (Å²) in [5, 5.41) is 1.24. The quantitative estimate of drug-likeness (QED) is 0.248. The van der Waals surface area contributed by atoms with Crippen molar-refractivity contribution in [1.29, 1.82) is 0 Å². The van der Waals surface area contributed by atoms with Crippen molar-refractivity contribution in [2.75, 3.05) is 55.1 Å². The number of para-hydroxylation sites is 1. The van der Waals surface area contributed by atoms with Gasteiger partial charge in [0.1, 0.15) is 0 Å². The minimum Gasteiger partial charge on any atom is -0.379 e. The van der Waals surface area contributed by atoms with Crippen molar-refractivity contribution >= 4 is 59.9 Å². The number of hydrogen-bond donors (Lipinski definition) is 0. The molecular formula is C31H33ClN4O4S2. The lowest BCUT2D eigenvalue weighted by molar-refractivity contribution is 0.0376. The topological polar surface area (TPSA) is 83.0 Å². The van der Waals surface area contributed by atoms with Crippen molar-refractivity contribution in [1.82, 2.24) is 9.88 Å². The third-order valence-electron chi connectivity index (χ3n) is 7.93. The summed E-state index contributed by atoms with van der Waals surface area (Å²) in [7, 11) is -3.77. The van der Waals surface area contributed by atoms with E-state index in [1.54, 1.807) is 17.0 Å². The van der Waals surface area contributed by atoms with Crippen LogP contribution < -0.4 is 9.21 Å². The molecule has 42 heavy (non-hydrogen) atoms. The first-order valence-electron chi connectivity index (χ1n) is 14.2. The predicted octanol–water partition coefficient (Wildman–Crippen LogP) is 5.77. The van der Waals surface area contributed by atoms with E-state index in [0.29, 0.717) is 28.8 Å². The number of anilines is 2. The van der Waals surface area contributed by atoms with Gasteiger partial charge in [-0.05, 0) is 79.8 Å². The second kappa shape index (κ2) is 12.3. The van der Waals surface area contributed by atoms with E-state index in [4.69, 9.17) is 21.3 Å². The van der Waals surface area contributed by atoms with Crippen LogP contribution in [0.3, 0.4) is 0 Å². The molecule has 2 aliphatic rings. The average Bonchev–Trinajstić information content (AvgIpc) is 3.46. The number of carbonyl (C=O) groups is 1. The second-order valence-corrected chi connectivity index (χ2v) is 13.9. The van der Waals surface area contributed by atoms with Crippen molar-refractivity contribution in [2.24, 2.45) is 0 Å². The number of aromatic nitrogens is 1. The molecule has 0 saturated carbocycles. The third-order valence-corrected chi connectivity index (χ3v) is 11.2. The summed E-state index contributed by atoms with van der Waals surface area (Å²) < 4.78 is 35.2. The molecule has 1 amide bonds. The standard InChI is InChI=1S/C31H33ClN4O4S2/c1-22-26(32)13-14-28-29(22)33-31(41-28)35(16-5-15-34-18-20-40-21-19-34)30(37)24-9-11-25(12-10-24)42(38,39)36-17-4-7-23-6-2-3-8-27(23)36/h2-3,6,8-14H,4-5,7,15-21H2,1H3. The number of ether oxygens (including phenoxy) is 1. The largest absolute Gasteiger partial charge is 0.379 e. The number of thiazole rings is 1. The van der Waals surface area contributed by atoms with Crippen LogP contribution in [-0.4, -0.2) is 70.1 Å². The molecule has 11 heteroatoms. The van der Waals surface area contributed by atoms with E-state index >= 15 is 0 Å². The Morgan fingerprint density at radius 2 is 1.81 bits per heavy atom. The van der Waals surface area contributed by atoms with Crippen molar-refractivity contribution in [3.63, 3.8) is 0 Å². The highest BCUT2D eigenvalue weighted by molar-refractivity contribution is 7.92. The van der Waals surface area contributed by atoms with Crippen molar-refractivity contribution in [3.05, 3.63) is 82.4 Å². The number of nitrogens with zero attached hydrogens (tertiary/aromatic N) is 4. The maximum atomic E-state index is 14.0. The van der Waals surface area contributed by atoms with Crippen LogP contribution in [0.1, 0.15) is 34.3 Å². The molecule has 8 nitrogen and oxygen atoms in total. The van der Waals surface area contributed by atoms with E-state index < -0.39 is 10.0 Å². The van der Waals surface area contributed by atoms with E-state index in [2.05, 4.69) is 4.90 Å². The third kappa shape index (κ3) is 5.78. The molecule has 0 unspecified atom stereocenters. The van der Waals surface area contributed by atoms with Crippen molar-refractivity contribution < 1.29 is 17.9 Å². The number of morpholine rings is 1. The Kier molecular flexibility index (Phi) is 8.51. The van der Waals surface area contributed by atoms with Gasteiger partial charge in [0.15, 0.2) is 5.13 Å². The van der Waals surface area contributed by atoms with Gasteiger partial charge in [-0.15, -0.1) is 0 Å². The lowest BCUT2D eigenvalue weighted by Gasteiger charge is -2.30. The first kappa shape index (κ1) is 29.1. The molecule has 1 fully saturated rings. The molecule has 3 heterocycles. The van der Waals surface area contributed by atoms with E-state index in [1.165, 1.54) is 27.8 Å². The van der Waals surface area contributed by atoms with Crippen molar-refractivity contribution in [2.45, 2.75) is 31.1 Å². The van der Waals surface area contributed by atoms with Crippen LogP contribution in [0.4, 0.5) is 10.8 Å². The minimum absolute atomic E-state index is 0.167. The first-order valence-corrected chi connectivity index (χ1v) is 16.8. The Morgan fingerprint density at radius 3 is 2.60 bits per heavy atom. The average molecular weight is 625 g/mol. The molecule has 1 aromatic heterocycles. The molecule has 4 aromatic rings. The van der Waals surface area contributed by atoms with Gasteiger partial charge in [0.05, 0.1) is 34.0 Å². The summed E-state index contributed by atoms with van der Waals surface area (Å²) in [5.74, 6) is -0.216. The molecule has 0 aliphatic carbocycles. The Balaban J connectivity index is 1.27. The zero-order chi connectivity index (χ0) is 29.3. The van der Waals surface area contributed by atoms with E-state index in [-0.39, 0.29) is 10.8 Å². The Bertz CT molecular complexity index is 1700. The monoisotopic (exact) mass is 624 g/mol. The lowest BCUT2D eigenvalue weighted by Crippen LogP contribution is -2.39. The van der Waals surface area contributed by atoms with Gasteiger partial charge in [0.2, 0.25) is 0 Å². The Labute approximate surface area is 255 Å². The highest BCUT2D eigenvalue weighted by atomic mass is 35.5. The fourth-order valence-corrected chi connectivity index (χ4v) is 8.31. The van der Waals surface area contributed by atoms with Gasteiger partial charge in [-0.1, -0.05) is 41.1 Å². The molecule has 220 valence electrons. The number of sulfonamides is 1. The fraction of sp³-hybridized carbons (Fsp3) is 0.355. The van der Waals surface area contributed by atoms with Gasteiger partial charge in [0.25, 0.3) is 15.9 Å². The smallest absolute Gasteiger partial charge is 0.264 e. The summed E-state index contributed by atoms with van der Waals surface area (Å²) in [6, 6.07) is 17.7. The molecule has 3 aromatic carbocycles. The lowest BCUT2D eigenvalue weighted by atomic mass is 10.0. The van der Waals surface area contributed by atoms with Crippen LogP contribution in [0, 0.1) is 6.92 Å². The molecule has 2 aliphatic heterocycles. The summed E-state index contributed by atoms with van der Waals surface area (Å²) in [6.45, 7) is 6.88. The van der Waals surface area contributed by atoms with Gasteiger partial charge >= 0.3 is 0 Å². The molecule has 0 bridgehead atoms.